The van der Waals surface area contributed by atoms with E-state index in [9.17, 15) is 19.8 Å². The lowest BCUT2D eigenvalue weighted by molar-refractivity contribution is -0.141. The number of esters is 2. The molecular formula is C17H16O6. The Bertz CT molecular complexity index is 737. The Morgan fingerprint density at radius 1 is 1.13 bits per heavy atom. The molecule has 1 unspecified atom stereocenters. The molecule has 120 valence electrons. The number of aliphatic hydroxyl groups excluding tert-OH is 1. The van der Waals surface area contributed by atoms with Crippen molar-refractivity contribution in [2.24, 2.45) is 0 Å². The van der Waals surface area contributed by atoms with Gasteiger partial charge in [0.25, 0.3) is 0 Å². The van der Waals surface area contributed by atoms with Gasteiger partial charge < -0.3 is 19.7 Å². The van der Waals surface area contributed by atoms with E-state index < -0.39 is 18.0 Å². The molecule has 0 aliphatic carbocycles. The molecule has 0 saturated carbocycles. The quantitative estimate of drug-likeness (QED) is 0.623. The third-order valence-electron chi connectivity index (χ3n) is 3.10. The maximum atomic E-state index is 12.2. The summed E-state index contributed by atoms with van der Waals surface area (Å²) in [6, 6.07) is 10.1. The van der Waals surface area contributed by atoms with Gasteiger partial charge in [0.05, 0.1) is 0 Å². The summed E-state index contributed by atoms with van der Waals surface area (Å²) in [6.45, 7) is 2.53. The van der Waals surface area contributed by atoms with Crippen LogP contribution in [0.3, 0.4) is 0 Å². The standard InChI is InChI=1S/C17H16O6/c1-2-15(20)22-9-12(18)10-23-17(21)16-13-6-4-3-5-11(13)7-8-14(16)19/h2-8,12,18-19H,1,9-10H2. The fraction of sp³-hybridized carbons (Fsp3) is 0.176. The number of aliphatic hydroxyl groups is 1. The molecule has 0 saturated heterocycles. The highest BCUT2D eigenvalue weighted by atomic mass is 16.6. The molecule has 0 bridgehead atoms. The van der Waals surface area contributed by atoms with Gasteiger partial charge in [0.2, 0.25) is 0 Å². The molecule has 0 amide bonds. The fourth-order valence-electron chi connectivity index (χ4n) is 2.00. The highest BCUT2D eigenvalue weighted by molar-refractivity contribution is 6.06. The van der Waals surface area contributed by atoms with E-state index >= 15 is 0 Å². The van der Waals surface area contributed by atoms with Crippen molar-refractivity contribution in [3.05, 3.63) is 54.6 Å². The number of hydrogen-bond acceptors (Lipinski definition) is 6. The molecule has 2 rings (SSSR count). The number of hydrogen-bond donors (Lipinski definition) is 2. The van der Waals surface area contributed by atoms with Gasteiger partial charge in [0.1, 0.15) is 30.6 Å². The van der Waals surface area contributed by atoms with E-state index in [1.807, 2.05) is 6.07 Å². The van der Waals surface area contributed by atoms with Crippen LogP contribution in [-0.4, -0.2) is 41.5 Å². The summed E-state index contributed by atoms with van der Waals surface area (Å²) in [5.74, 6) is -1.66. The van der Waals surface area contributed by atoms with E-state index in [0.717, 1.165) is 11.5 Å². The van der Waals surface area contributed by atoms with E-state index in [0.29, 0.717) is 5.39 Å². The lowest BCUT2D eigenvalue weighted by Gasteiger charge is -2.13. The number of carbonyl (C=O) groups excluding carboxylic acids is 2. The van der Waals surface area contributed by atoms with Gasteiger partial charge >= 0.3 is 11.9 Å². The van der Waals surface area contributed by atoms with Gasteiger partial charge in [-0.1, -0.05) is 36.9 Å². The molecule has 2 aromatic carbocycles. The molecular weight excluding hydrogens is 300 g/mol. The number of carbonyl (C=O) groups is 2. The molecule has 23 heavy (non-hydrogen) atoms. The zero-order valence-electron chi connectivity index (χ0n) is 12.3. The highest BCUT2D eigenvalue weighted by Gasteiger charge is 2.18. The maximum Gasteiger partial charge on any atom is 0.342 e. The monoisotopic (exact) mass is 316 g/mol. The topological polar surface area (TPSA) is 93.1 Å². The maximum absolute atomic E-state index is 12.2. The van der Waals surface area contributed by atoms with Crippen LogP contribution >= 0.6 is 0 Å². The van der Waals surface area contributed by atoms with Crippen LogP contribution in [0.25, 0.3) is 10.8 Å². The second kappa shape index (κ2) is 7.42. The summed E-state index contributed by atoms with van der Waals surface area (Å²) in [5, 5.41) is 20.9. The van der Waals surface area contributed by atoms with Gasteiger partial charge in [-0.05, 0) is 16.8 Å². The van der Waals surface area contributed by atoms with Crippen molar-refractivity contribution in [3.8, 4) is 5.75 Å². The largest absolute Gasteiger partial charge is 0.507 e. The SMILES string of the molecule is C=CC(=O)OCC(O)COC(=O)c1c(O)ccc2ccccc12. The lowest BCUT2D eigenvalue weighted by atomic mass is 10.0. The number of rotatable bonds is 6. The summed E-state index contributed by atoms with van der Waals surface area (Å²) in [4.78, 5) is 23.0. The second-order valence-corrected chi connectivity index (χ2v) is 4.77. The van der Waals surface area contributed by atoms with Crippen molar-refractivity contribution < 1.29 is 29.3 Å². The van der Waals surface area contributed by atoms with Crippen LogP contribution in [0.2, 0.25) is 0 Å². The first-order valence-corrected chi connectivity index (χ1v) is 6.88. The van der Waals surface area contributed by atoms with Crippen molar-refractivity contribution in [1.29, 1.82) is 0 Å². The Morgan fingerprint density at radius 2 is 1.83 bits per heavy atom. The Kier molecular flexibility index (Phi) is 5.32. The van der Waals surface area contributed by atoms with Gasteiger partial charge in [-0.3, -0.25) is 0 Å². The number of phenolic OH excluding ortho intramolecular Hbond substituents is 1. The van der Waals surface area contributed by atoms with Crippen LogP contribution < -0.4 is 0 Å². The van der Waals surface area contributed by atoms with Crippen LogP contribution in [0, 0.1) is 0 Å². The molecule has 2 aromatic rings. The minimum absolute atomic E-state index is 0.0263. The predicted octanol–water partition coefficient (Wildman–Crippen LogP) is 1.79. The fourth-order valence-corrected chi connectivity index (χ4v) is 2.00. The van der Waals surface area contributed by atoms with Crippen LogP contribution in [0.4, 0.5) is 0 Å². The molecule has 0 heterocycles. The van der Waals surface area contributed by atoms with Crippen molar-refractivity contribution in [2.75, 3.05) is 13.2 Å². The molecule has 0 spiro atoms. The highest BCUT2D eigenvalue weighted by Crippen LogP contribution is 2.27. The number of fused-ring (bicyclic) bond motifs is 1. The normalized spacial score (nSPS) is 11.7. The van der Waals surface area contributed by atoms with Crippen LogP contribution in [0.1, 0.15) is 10.4 Å². The second-order valence-electron chi connectivity index (χ2n) is 4.77. The number of ether oxygens (including phenoxy) is 2. The van der Waals surface area contributed by atoms with Crippen LogP contribution in [-0.2, 0) is 14.3 Å². The lowest BCUT2D eigenvalue weighted by Crippen LogP contribution is -2.25. The summed E-state index contributed by atoms with van der Waals surface area (Å²) in [5.41, 5.74) is 0.0263. The van der Waals surface area contributed by atoms with Gasteiger partial charge in [-0.25, -0.2) is 9.59 Å². The zero-order valence-corrected chi connectivity index (χ0v) is 12.3. The third kappa shape index (κ3) is 4.08. The molecule has 0 aliphatic heterocycles. The number of benzene rings is 2. The van der Waals surface area contributed by atoms with Gasteiger partial charge in [-0.2, -0.15) is 0 Å². The van der Waals surface area contributed by atoms with Gasteiger partial charge in [-0.15, -0.1) is 0 Å². The Balaban J connectivity index is 2.05. The smallest absolute Gasteiger partial charge is 0.342 e. The van der Waals surface area contributed by atoms with E-state index in [1.54, 1.807) is 24.3 Å². The Hall–Kier alpha value is -2.86. The average molecular weight is 316 g/mol. The molecule has 0 fully saturated rings. The predicted molar refractivity (Wildman–Crippen MR) is 83.1 cm³/mol. The molecule has 0 aliphatic rings. The Morgan fingerprint density at radius 3 is 2.57 bits per heavy atom. The molecule has 0 aromatic heterocycles. The number of phenols is 1. The first-order valence-electron chi connectivity index (χ1n) is 6.88. The minimum atomic E-state index is -1.17. The van der Waals surface area contributed by atoms with Gasteiger partial charge in [0, 0.05) is 6.08 Å². The minimum Gasteiger partial charge on any atom is -0.507 e. The zero-order chi connectivity index (χ0) is 16.8. The van der Waals surface area contributed by atoms with E-state index in [4.69, 9.17) is 4.74 Å². The summed E-state index contributed by atoms with van der Waals surface area (Å²) < 4.78 is 9.62. The first-order chi connectivity index (χ1) is 11.0. The summed E-state index contributed by atoms with van der Waals surface area (Å²) in [6.07, 6.45) is -0.202. The molecule has 6 heteroatoms. The molecule has 6 nitrogen and oxygen atoms in total. The van der Waals surface area contributed by atoms with Crippen molar-refractivity contribution in [3.63, 3.8) is 0 Å². The summed E-state index contributed by atoms with van der Waals surface area (Å²) >= 11 is 0. The number of aromatic hydroxyl groups is 1. The van der Waals surface area contributed by atoms with Crippen molar-refractivity contribution >= 4 is 22.7 Å². The summed E-state index contributed by atoms with van der Waals surface area (Å²) in [7, 11) is 0. The van der Waals surface area contributed by atoms with E-state index in [2.05, 4.69) is 11.3 Å². The molecule has 1 atom stereocenters. The van der Waals surface area contributed by atoms with Crippen LogP contribution in [0.15, 0.2) is 49.1 Å². The van der Waals surface area contributed by atoms with Crippen molar-refractivity contribution in [1.82, 2.24) is 0 Å². The van der Waals surface area contributed by atoms with Crippen LogP contribution in [0.5, 0.6) is 5.75 Å². The van der Waals surface area contributed by atoms with E-state index in [-0.39, 0.29) is 24.5 Å². The Labute approximate surface area is 132 Å². The molecule has 0 radical (unpaired) electrons. The van der Waals surface area contributed by atoms with Gasteiger partial charge in [0.15, 0.2) is 0 Å². The third-order valence-corrected chi connectivity index (χ3v) is 3.10. The first kappa shape index (κ1) is 16.5. The van der Waals surface area contributed by atoms with Crippen molar-refractivity contribution in [2.45, 2.75) is 6.10 Å². The molecule has 2 N–H and O–H groups in total. The van der Waals surface area contributed by atoms with E-state index in [1.165, 1.54) is 6.07 Å². The average Bonchev–Trinajstić information content (AvgIpc) is 2.57.